The summed E-state index contributed by atoms with van der Waals surface area (Å²) in [7, 11) is 0. The number of fused-ring (bicyclic) bond motifs is 1. The highest BCUT2D eigenvalue weighted by atomic mass is 16.5. The van der Waals surface area contributed by atoms with Crippen LogP contribution in [-0.4, -0.2) is 41.9 Å². The predicted molar refractivity (Wildman–Crippen MR) is 82.9 cm³/mol. The van der Waals surface area contributed by atoms with Crippen molar-refractivity contribution in [2.24, 2.45) is 0 Å². The minimum atomic E-state index is 0.177. The van der Waals surface area contributed by atoms with Crippen molar-refractivity contribution in [3.8, 4) is 5.88 Å². The van der Waals surface area contributed by atoms with Gasteiger partial charge >= 0.3 is 0 Å². The number of morpholine rings is 1. The van der Waals surface area contributed by atoms with Crippen LogP contribution in [0.4, 0.5) is 5.82 Å². The van der Waals surface area contributed by atoms with Crippen LogP contribution < -0.4 is 9.64 Å². The molecule has 0 spiro atoms. The second-order valence-corrected chi connectivity index (χ2v) is 5.44. The maximum atomic E-state index is 5.79. The zero-order valence-corrected chi connectivity index (χ0v) is 12.7. The van der Waals surface area contributed by atoms with E-state index in [2.05, 4.69) is 23.7 Å². The SMILES string of the molecule is CCOc1nc2ccccc2nc1N1CC(C)OC(C)C1. The molecule has 0 aliphatic carbocycles. The van der Waals surface area contributed by atoms with E-state index in [-0.39, 0.29) is 12.2 Å². The molecule has 3 rings (SSSR count). The van der Waals surface area contributed by atoms with Gasteiger partial charge in [0.15, 0.2) is 5.82 Å². The second kappa shape index (κ2) is 5.85. The number of ether oxygens (including phenoxy) is 2. The summed E-state index contributed by atoms with van der Waals surface area (Å²) in [6.07, 6.45) is 0.355. The fourth-order valence-electron chi connectivity index (χ4n) is 2.76. The number of hydrogen-bond donors (Lipinski definition) is 0. The molecule has 2 aromatic rings. The van der Waals surface area contributed by atoms with Crippen molar-refractivity contribution in [3.05, 3.63) is 24.3 Å². The molecule has 0 bridgehead atoms. The topological polar surface area (TPSA) is 47.5 Å². The van der Waals surface area contributed by atoms with E-state index in [0.717, 1.165) is 29.9 Å². The molecule has 1 aliphatic rings. The average Bonchev–Trinajstić information content (AvgIpc) is 2.46. The fraction of sp³-hybridized carbons (Fsp3) is 0.500. The largest absolute Gasteiger partial charge is 0.475 e. The summed E-state index contributed by atoms with van der Waals surface area (Å²) >= 11 is 0. The lowest BCUT2D eigenvalue weighted by Gasteiger charge is -2.36. The summed E-state index contributed by atoms with van der Waals surface area (Å²) in [6.45, 7) is 8.31. The molecule has 2 atom stereocenters. The van der Waals surface area contributed by atoms with E-state index in [9.17, 15) is 0 Å². The molecule has 1 aromatic carbocycles. The Morgan fingerprint density at radius 3 is 2.38 bits per heavy atom. The van der Waals surface area contributed by atoms with Crippen molar-refractivity contribution in [3.63, 3.8) is 0 Å². The minimum Gasteiger partial charge on any atom is -0.475 e. The van der Waals surface area contributed by atoms with Gasteiger partial charge in [-0.15, -0.1) is 0 Å². The molecular weight excluding hydrogens is 266 g/mol. The van der Waals surface area contributed by atoms with Crippen LogP contribution in [-0.2, 0) is 4.74 Å². The lowest BCUT2D eigenvalue weighted by molar-refractivity contribution is -0.00561. The Hall–Kier alpha value is -1.88. The number of nitrogens with zero attached hydrogens (tertiary/aromatic N) is 3. The van der Waals surface area contributed by atoms with E-state index in [4.69, 9.17) is 14.5 Å². The number of anilines is 1. The van der Waals surface area contributed by atoms with Crippen LogP contribution in [0.2, 0.25) is 0 Å². The molecule has 0 saturated carbocycles. The van der Waals surface area contributed by atoms with Gasteiger partial charge in [0.2, 0.25) is 0 Å². The third-order valence-electron chi connectivity index (χ3n) is 3.52. The molecule has 2 unspecified atom stereocenters. The van der Waals surface area contributed by atoms with Gasteiger partial charge in [0.25, 0.3) is 5.88 Å². The lowest BCUT2D eigenvalue weighted by atomic mass is 10.2. The van der Waals surface area contributed by atoms with Gasteiger partial charge in [-0.25, -0.2) is 9.97 Å². The Balaban J connectivity index is 2.04. The van der Waals surface area contributed by atoms with Gasteiger partial charge in [-0.2, -0.15) is 0 Å². The van der Waals surface area contributed by atoms with Crippen LogP contribution in [0.1, 0.15) is 20.8 Å². The smallest absolute Gasteiger partial charge is 0.258 e. The molecule has 21 heavy (non-hydrogen) atoms. The Morgan fingerprint density at radius 1 is 1.14 bits per heavy atom. The first-order chi connectivity index (χ1) is 10.2. The Kier molecular flexibility index (Phi) is 3.92. The maximum Gasteiger partial charge on any atom is 0.258 e. The van der Waals surface area contributed by atoms with Gasteiger partial charge < -0.3 is 14.4 Å². The third-order valence-corrected chi connectivity index (χ3v) is 3.52. The average molecular weight is 287 g/mol. The highest BCUT2D eigenvalue weighted by Gasteiger charge is 2.26. The predicted octanol–water partition coefficient (Wildman–Crippen LogP) is 2.64. The Morgan fingerprint density at radius 2 is 1.76 bits per heavy atom. The monoisotopic (exact) mass is 287 g/mol. The summed E-state index contributed by atoms with van der Waals surface area (Å²) in [4.78, 5) is 11.6. The molecule has 5 heteroatoms. The second-order valence-electron chi connectivity index (χ2n) is 5.44. The molecular formula is C16H21N3O2. The van der Waals surface area contributed by atoms with E-state index in [1.54, 1.807) is 0 Å². The van der Waals surface area contributed by atoms with Crippen molar-refractivity contribution in [2.75, 3.05) is 24.6 Å². The first-order valence-corrected chi connectivity index (χ1v) is 7.47. The first kappa shape index (κ1) is 14.1. The van der Waals surface area contributed by atoms with Gasteiger partial charge in [-0.3, -0.25) is 0 Å². The van der Waals surface area contributed by atoms with E-state index < -0.39 is 0 Å². The maximum absolute atomic E-state index is 5.79. The van der Waals surface area contributed by atoms with Crippen molar-refractivity contribution < 1.29 is 9.47 Å². The standard InChI is InChI=1S/C16H21N3O2/c1-4-20-16-15(19-9-11(2)21-12(3)10-19)17-13-7-5-6-8-14(13)18-16/h5-8,11-12H,4,9-10H2,1-3H3. The molecule has 0 N–H and O–H groups in total. The van der Waals surface area contributed by atoms with Gasteiger partial charge in [0.1, 0.15) is 0 Å². The van der Waals surface area contributed by atoms with E-state index >= 15 is 0 Å². The number of benzene rings is 1. The van der Waals surface area contributed by atoms with Gasteiger partial charge in [-0.05, 0) is 32.9 Å². The Bertz CT molecular complexity index is 622. The normalized spacial score (nSPS) is 22.5. The fourth-order valence-corrected chi connectivity index (χ4v) is 2.76. The summed E-state index contributed by atoms with van der Waals surface area (Å²) in [5.41, 5.74) is 1.75. The molecule has 1 aromatic heterocycles. The van der Waals surface area contributed by atoms with Gasteiger partial charge in [0.05, 0.1) is 29.8 Å². The highest BCUT2D eigenvalue weighted by Crippen LogP contribution is 2.29. The molecule has 0 radical (unpaired) electrons. The van der Waals surface area contributed by atoms with E-state index in [1.165, 1.54) is 0 Å². The molecule has 5 nitrogen and oxygen atoms in total. The summed E-state index contributed by atoms with van der Waals surface area (Å²) in [5, 5.41) is 0. The summed E-state index contributed by atoms with van der Waals surface area (Å²) < 4.78 is 11.5. The highest BCUT2D eigenvalue weighted by molar-refractivity contribution is 5.77. The molecule has 0 amide bonds. The van der Waals surface area contributed by atoms with Crippen LogP contribution in [0.25, 0.3) is 11.0 Å². The molecule has 2 heterocycles. The zero-order valence-electron chi connectivity index (χ0n) is 12.7. The zero-order chi connectivity index (χ0) is 14.8. The minimum absolute atomic E-state index is 0.177. The molecule has 1 saturated heterocycles. The summed E-state index contributed by atoms with van der Waals surface area (Å²) in [5.74, 6) is 1.43. The van der Waals surface area contributed by atoms with Crippen LogP contribution >= 0.6 is 0 Å². The quantitative estimate of drug-likeness (QED) is 0.868. The number of para-hydroxylation sites is 2. The van der Waals surface area contributed by atoms with E-state index in [0.29, 0.717) is 12.5 Å². The number of hydrogen-bond acceptors (Lipinski definition) is 5. The lowest BCUT2D eigenvalue weighted by Crippen LogP contribution is -2.46. The molecule has 1 aliphatic heterocycles. The third kappa shape index (κ3) is 2.93. The first-order valence-electron chi connectivity index (χ1n) is 7.47. The van der Waals surface area contributed by atoms with Gasteiger partial charge in [-0.1, -0.05) is 12.1 Å². The van der Waals surface area contributed by atoms with Crippen molar-refractivity contribution >= 4 is 16.9 Å². The van der Waals surface area contributed by atoms with Crippen LogP contribution in [0.15, 0.2) is 24.3 Å². The number of rotatable bonds is 3. The molecule has 112 valence electrons. The van der Waals surface area contributed by atoms with Crippen LogP contribution in [0.5, 0.6) is 5.88 Å². The van der Waals surface area contributed by atoms with Crippen LogP contribution in [0, 0.1) is 0 Å². The van der Waals surface area contributed by atoms with E-state index in [1.807, 2.05) is 31.2 Å². The van der Waals surface area contributed by atoms with Crippen molar-refractivity contribution in [2.45, 2.75) is 33.0 Å². The summed E-state index contributed by atoms with van der Waals surface area (Å²) in [6, 6.07) is 7.88. The van der Waals surface area contributed by atoms with Crippen molar-refractivity contribution in [1.29, 1.82) is 0 Å². The molecule has 1 fully saturated rings. The number of aromatic nitrogens is 2. The van der Waals surface area contributed by atoms with Crippen LogP contribution in [0.3, 0.4) is 0 Å². The Labute approximate surface area is 124 Å². The van der Waals surface area contributed by atoms with Crippen molar-refractivity contribution in [1.82, 2.24) is 9.97 Å². The van der Waals surface area contributed by atoms with Gasteiger partial charge in [0, 0.05) is 13.1 Å².